The summed E-state index contributed by atoms with van der Waals surface area (Å²) in [6, 6.07) is 15.6. The average molecular weight is 515 g/mol. The van der Waals surface area contributed by atoms with E-state index in [1.165, 1.54) is 0 Å². The zero-order chi connectivity index (χ0) is 25.6. The summed E-state index contributed by atoms with van der Waals surface area (Å²) in [7, 11) is 0. The molecule has 35 heavy (non-hydrogen) atoms. The molecule has 0 radical (unpaired) electrons. The molecule has 0 aliphatic rings. The van der Waals surface area contributed by atoms with Gasteiger partial charge in [-0.3, -0.25) is 4.79 Å². The van der Waals surface area contributed by atoms with Gasteiger partial charge in [0.05, 0.1) is 0 Å². The van der Waals surface area contributed by atoms with Gasteiger partial charge in [0.2, 0.25) is 0 Å². The molecular formula is C28H35ClN2O3S. The molecule has 0 fully saturated rings. The summed E-state index contributed by atoms with van der Waals surface area (Å²) in [5.74, 6) is 0.260. The number of ether oxygens (including phenoxy) is 1. The number of halogens is 1. The maximum Gasteiger partial charge on any atom is 0.407 e. The molecule has 0 saturated heterocycles. The van der Waals surface area contributed by atoms with Crippen molar-refractivity contribution in [2.45, 2.75) is 59.1 Å². The van der Waals surface area contributed by atoms with Crippen LogP contribution in [0.1, 0.15) is 63.1 Å². The lowest BCUT2D eigenvalue weighted by atomic mass is 9.95. The maximum atomic E-state index is 13.6. The number of fused-ring (bicyclic) bond motifs is 1. The lowest BCUT2D eigenvalue weighted by molar-refractivity contribution is 0.0527. The van der Waals surface area contributed by atoms with Crippen molar-refractivity contribution in [2.75, 3.05) is 13.1 Å². The minimum atomic E-state index is -0.517. The molecule has 1 aromatic heterocycles. The summed E-state index contributed by atoms with van der Waals surface area (Å²) in [6.07, 6.45) is 0.910. The molecule has 1 atom stereocenters. The van der Waals surface area contributed by atoms with Gasteiger partial charge in [-0.25, -0.2) is 4.79 Å². The molecule has 2 aromatic carbocycles. The third-order valence-electron chi connectivity index (χ3n) is 5.54. The van der Waals surface area contributed by atoms with E-state index in [2.05, 4.69) is 36.6 Å². The monoisotopic (exact) mass is 514 g/mol. The number of carbonyl (C=O) groups is 1. The molecule has 188 valence electrons. The van der Waals surface area contributed by atoms with Gasteiger partial charge in [-0.15, -0.1) is 11.3 Å². The van der Waals surface area contributed by atoms with Gasteiger partial charge in [0, 0.05) is 44.6 Å². The van der Waals surface area contributed by atoms with Crippen LogP contribution in [0.2, 0.25) is 5.02 Å². The Labute approximate surface area is 216 Å². The number of hydrogen-bond donors (Lipinski definition) is 2. The van der Waals surface area contributed by atoms with Crippen LogP contribution >= 0.6 is 22.9 Å². The molecule has 1 heterocycles. The molecule has 0 bridgehead atoms. The molecule has 7 heteroatoms. The van der Waals surface area contributed by atoms with Crippen molar-refractivity contribution < 1.29 is 9.53 Å². The predicted octanol–water partition coefficient (Wildman–Crippen LogP) is 6.71. The summed E-state index contributed by atoms with van der Waals surface area (Å²) in [6.45, 7) is 11.0. The summed E-state index contributed by atoms with van der Waals surface area (Å²) >= 11 is 7.90. The molecule has 2 N–H and O–H groups in total. The smallest absolute Gasteiger partial charge is 0.407 e. The standard InChI is InChI=1S/C28H35ClN2O3S/c1-18(2)24(30-14-9-15-31-27(33)34-28(3,4)5)26-22(16-19-10-7-6-8-11-19)25(32)21-13-12-20(29)17-23(21)35-26/h6-8,10-13,17-18,24,30H,9,14-16H2,1-5H3,(H,31,33). The first-order valence-electron chi connectivity index (χ1n) is 12.0. The van der Waals surface area contributed by atoms with E-state index in [0.717, 1.165) is 27.1 Å². The molecular weight excluding hydrogens is 480 g/mol. The van der Waals surface area contributed by atoms with Gasteiger partial charge < -0.3 is 15.4 Å². The zero-order valence-electron chi connectivity index (χ0n) is 21.1. The molecule has 0 aliphatic heterocycles. The highest BCUT2D eigenvalue weighted by atomic mass is 35.5. The van der Waals surface area contributed by atoms with Crippen molar-refractivity contribution in [1.29, 1.82) is 0 Å². The SMILES string of the molecule is CC(C)C(NCCCNC(=O)OC(C)(C)C)c1sc2cc(Cl)ccc2c(=O)c1Cc1ccccc1. The van der Waals surface area contributed by atoms with Crippen molar-refractivity contribution in [1.82, 2.24) is 10.6 Å². The first-order valence-corrected chi connectivity index (χ1v) is 13.2. The van der Waals surface area contributed by atoms with Crippen LogP contribution < -0.4 is 16.1 Å². The van der Waals surface area contributed by atoms with E-state index in [1.54, 1.807) is 17.4 Å². The summed E-state index contributed by atoms with van der Waals surface area (Å²) in [5, 5.41) is 7.77. The molecule has 3 aromatic rings. The summed E-state index contributed by atoms with van der Waals surface area (Å²) in [5.41, 5.74) is 1.48. The maximum absolute atomic E-state index is 13.6. The van der Waals surface area contributed by atoms with Crippen LogP contribution in [0.15, 0.2) is 53.3 Å². The highest BCUT2D eigenvalue weighted by Crippen LogP contribution is 2.33. The summed E-state index contributed by atoms with van der Waals surface area (Å²) < 4.78 is 6.19. The normalized spacial score (nSPS) is 12.7. The van der Waals surface area contributed by atoms with E-state index in [-0.39, 0.29) is 17.4 Å². The van der Waals surface area contributed by atoms with E-state index in [9.17, 15) is 9.59 Å². The van der Waals surface area contributed by atoms with Crippen molar-refractivity contribution in [3.63, 3.8) is 0 Å². The second-order valence-electron chi connectivity index (χ2n) is 10.0. The Morgan fingerprint density at radius 2 is 1.80 bits per heavy atom. The lowest BCUT2D eigenvalue weighted by Gasteiger charge is -2.25. The van der Waals surface area contributed by atoms with Crippen LogP contribution in [-0.2, 0) is 11.2 Å². The number of alkyl carbamates (subject to hydrolysis) is 1. The van der Waals surface area contributed by atoms with Crippen LogP contribution in [0.5, 0.6) is 0 Å². The third kappa shape index (κ3) is 7.79. The van der Waals surface area contributed by atoms with Crippen LogP contribution in [0, 0.1) is 5.92 Å². The summed E-state index contributed by atoms with van der Waals surface area (Å²) in [4.78, 5) is 26.6. The second-order valence-corrected chi connectivity index (χ2v) is 11.6. The van der Waals surface area contributed by atoms with E-state index >= 15 is 0 Å². The fourth-order valence-corrected chi connectivity index (χ4v) is 5.62. The van der Waals surface area contributed by atoms with Gasteiger partial charge in [0.25, 0.3) is 0 Å². The fraction of sp³-hybridized carbons (Fsp3) is 0.429. The van der Waals surface area contributed by atoms with Crippen LogP contribution in [-0.4, -0.2) is 24.8 Å². The number of carbonyl (C=O) groups excluding carboxylic acids is 1. The molecule has 0 spiro atoms. The third-order valence-corrected chi connectivity index (χ3v) is 7.05. The Hall–Kier alpha value is -2.41. The first kappa shape index (κ1) is 27.2. The van der Waals surface area contributed by atoms with Crippen LogP contribution in [0.3, 0.4) is 0 Å². The fourth-order valence-electron chi connectivity index (χ4n) is 3.92. The van der Waals surface area contributed by atoms with Gasteiger partial charge in [-0.1, -0.05) is 55.8 Å². The Morgan fingerprint density at radius 3 is 2.46 bits per heavy atom. The largest absolute Gasteiger partial charge is 0.444 e. The van der Waals surface area contributed by atoms with Crippen molar-refractivity contribution in [2.24, 2.45) is 5.92 Å². The predicted molar refractivity (Wildman–Crippen MR) is 147 cm³/mol. The minimum Gasteiger partial charge on any atom is -0.444 e. The number of benzene rings is 2. The number of amides is 1. The number of rotatable bonds is 9. The van der Waals surface area contributed by atoms with Gasteiger partial charge in [-0.05, 0) is 63.4 Å². The Kier molecular flexibility index (Phi) is 9.34. The zero-order valence-corrected chi connectivity index (χ0v) is 22.7. The lowest BCUT2D eigenvalue weighted by Crippen LogP contribution is -2.35. The van der Waals surface area contributed by atoms with Gasteiger partial charge in [0.15, 0.2) is 5.43 Å². The molecule has 1 amide bonds. The topological polar surface area (TPSA) is 67.4 Å². The Bertz CT molecular complexity index is 1200. The highest BCUT2D eigenvalue weighted by molar-refractivity contribution is 7.18. The Morgan fingerprint density at radius 1 is 1.09 bits per heavy atom. The molecule has 5 nitrogen and oxygen atoms in total. The van der Waals surface area contributed by atoms with E-state index in [4.69, 9.17) is 16.3 Å². The number of hydrogen-bond acceptors (Lipinski definition) is 5. The Balaban J connectivity index is 1.84. The average Bonchev–Trinajstić information content (AvgIpc) is 2.77. The molecule has 3 rings (SSSR count). The van der Waals surface area contributed by atoms with Gasteiger partial charge in [0.1, 0.15) is 5.60 Å². The van der Waals surface area contributed by atoms with Crippen molar-refractivity contribution in [3.8, 4) is 0 Å². The molecule has 0 aliphatic carbocycles. The van der Waals surface area contributed by atoms with Crippen LogP contribution in [0.25, 0.3) is 10.1 Å². The minimum absolute atomic E-state index is 0.00341. The highest BCUT2D eigenvalue weighted by Gasteiger charge is 2.23. The number of nitrogens with one attached hydrogen (secondary N) is 2. The van der Waals surface area contributed by atoms with E-state index < -0.39 is 11.7 Å². The van der Waals surface area contributed by atoms with E-state index in [1.807, 2.05) is 51.1 Å². The van der Waals surface area contributed by atoms with Crippen molar-refractivity contribution in [3.05, 3.63) is 79.8 Å². The molecule has 0 saturated carbocycles. The van der Waals surface area contributed by atoms with Crippen molar-refractivity contribution >= 4 is 39.1 Å². The first-order chi connectivity index (χ1) is 16.5. The van der Waals surface area contributed by atoms with Gasteiger partial charge in [-0.2, -0.15) is 0 Å². The van der Waals surface area contributed by atoms with Gasteiger partial charge >= 0.3 is 6.09 Å². The molecule has 1 unspecified atom stereocenters. The quantitative estimate of drug-likeness (QED) is 0.311. The second kappa shape index (κ2) is 12.0. The van der Waals surface area contributed by atoms with Crippen LogP contribution in [0.4, 0.5) is 4.79 Å². The van der Waals surface area contributed by atoms with E-state index in [0.29, 0.717) is 29.9 Å².